The summed E-state index contributed by atoms with van der Waals surface area (Å²) >= 11 is 0. The zero-order valence-electron chi connectivity index (χ0n) is 15.8. The van der Waals surface area contributed by atoms with E-state index in [0.717, 1.165) is 55.4 Å². The van der Waals surface area contributed by atoms with Gasteiger partial charge in [-0.15, -0.1) is 4.83 Å². The van der Waals surface area contributed by atoms with Crippen LogP contribution in [-0.4, -0.2) is 20.0 Å². The van der Waals surface area contributed by atoms with Gasteiger partial charge in [0.2, 0.25) is 0 Å². The van der Waals surface area contributed by atoms with E-state index in [-0.39, 0.29) is 10.4 Å². The molecule has 3 N–H and O–H groups in total. The Morgan fingerprint density at radius 1 is 1.04 bits per heavy atom. The van der Waals surface area contributed by atoms with E-state index in [1.165, 1.54) is 19.3 Å². The Bertz CT molecular complexity index is 769. The molecule has 7 heteroatoms. The molecule has 0 unspecified atom stereocenters. The number of aryl methyl sites for hydroxylation is 1. The van der Waals surface area contributed by atoms with Crippen LogP contribution in [0.5, 0.6) is 0 Å². The van der Waals surface area contributed by atoms with Crippen LogP contribution in [0.1, 0.15) is 57.4 Å². The second-order valence-corrected chi connectivity index (χ2v) is 10.5. The Morgan fingerprint density at radius 2 is 1.59 bits per heavy atom. The molecule has 0 heterocycles. The number of urea groups is 1. The van der Waals surface area contributed by atoms with E-state index < -0.39 is 16.1 Å². The summed E-state index contributed by atoms with van der Waals surface area (Å²) < 4.78 is 24.8. The van der Waals surface area contributed by atoms with Crippen molar-refractivity contribution in [1.29, 1.82) is 0 Å². The zero-order chi connectivity index (χ0) is 19.1. The topological polar surface area (TPSA) is 87.3 Å². The molecule has 1 aromatic carbocycles. The van der Waals surface area contributed by atoms with E-state index in [0.29, 0.717) is 0 Å². The summed E-state index contributed by atoms with van der Waals surface area (Å²) in [5.74, 6) is 2.15. The molecule has 1 aromatic rings. The monoisotopic (exact) mass is 391 g/mol. The van der Waals surface area contributed by atoms with Gasteiger partial charge >= 0.3 is 6.03 Å². The Balaban J connectivity index is 1.34. The van der Waals surface area contributed by atoms with E-state index in [4.69, 9.17) is 0 Å². The van der Waals surface area contributed by atoms with Gasteiger partial charge in [-0.2, -0.15) is 0 Å². The van der Waals surface area contributed by atoms with Gasteiger partial charge < -0.3 is 5.32 Å². The van der Waals surface area contributed by atoms with Crippen LogP contribution in [0.3, 0.4) is 0 Å². The number of hydrogen-bond donors (Lipinski definition) is 3. The number of nitrogens with one attached hydrogen (secondary N) is 3. The van der Waals surface area contributed by atoms with Crippen molar-refractivity contribution in [2.75, 3.05) is 0 Å². The van der Waals surface area contributed by atoms with Crippen LogP contribution < -0.4 is 15.6 Å². The van der Waals surface area contributed by atoms with Crippen LogP contribution in [0.15, 0.2) is 29.2 Å². The number of hydrogen-bond acceptors (Lipinski definition) is 3. The quantitative estimate of drug-likeness (QED) is 0.651. The summed E-state index contributed by atoms with van der Waals surface area (Å²) in [7, 11) is -3.78. The average molecular weight is 392 g/mol. The highest BCUT2D eigenvalue weighted by Crippen LogP contribution is 2.55. The van der Waals surface area contributed by atoms with Crippen LogP contribution in [0.2, 0.25) is 0 Å². The normalized spacial score (nSPS) is 31.7. The molecular weight excluding hydrogens is 362 g/mol. The highest BCUT2D eigenvalue weighted by atomic mass is 32.2. The van der Waals surface area contributed by atoms with Gasteiger partial charge in [-0.25, -0.2) is 13.2 Å². The molecule has 0 atom stereocenters. The van der Waals surface area contributed by atoms with Crippen molar-refractivity contribution in [2.24, 2.45) is 17.8 Å². The third-order valence-electron chi connectivity index (χ3n) is 6.49. The fourth-order valence-corrected chi connectivity index (χ4v) is 6.67. The van der Waals surface area contributed by atoms with E-state index in [2.05, 4.69) is 22.5 Å². The standard InChI is InChI=1S/C20H29N3O3S/c1-2-3-14-4-6-18(7-5-14)27(25,26)23-22-19(24)21-20-11-15-8-16(12-20)10-17(9-15)13-20/h4-7,15-17,23H,2-3,8-13H2,1H3,(H2,21,22,24). The van der Waals surface area contributed by atoms with Crippen LogP contribution in [0.25, 0.3) is 0 Å². The van der Waals surface area contributed by atoms with Crippen molar-refractivity contribution < 1.29 is 13.2 Å². The first-order valence-electron chi connectivity index (χ1n) is 10.1. The lowest BCUT2D eigenvalue weighted by Crippen LogP contribution is -2.62. The summed E-state index contributed by atoms with van der Waals surface area (Å²) in [6, 6.07) is 6.32. The molecule has 0 spiro atoms. The molecule has 4 fully saturated rings. The fraction of sp³-hybridized carbons (Fsp3) is 0.650. The third-order valence-corrected chi connectivity index (χ3v) is 7.75. The molecule has 5 rings (SSSR count). The van der Waals surface area contributed by atoms with Gasteiger partial charge in [-0.05, 0) is 80.4 Å². The number of hydrazine groups is 1. The second-order valence-electron chi connectivity index (χ2n) is 8.78. The molecule has 2 amide bonds. The molecule has 4 aliphatic carbocycles. The van der Waals surface area contributed by atoms with Gasteiger partial charge in [0, 0.05) is 5.54 Å². The molecular formula is C20H29N3O3S. The Hall–Kier alpha value is -1.60. The first-order chi connectivity index (χ1) is 12.9. The van der Waals surface area contributed by atoms with Gasteiger partial charge in [0.05, 0.1) is 4.90 Å². The summed E-state index contributed by atoms with van der Waals surface area (Å²) in [5.41, 5.74) is 3.30. The summed E-state index contributed by atoms with van der Waals surface area (Å²) in [4.78, 5) is 14.8. The third kappa shape index (κ3) is 3.99. The predicted octanol–water partition coefficient (Wildman–Crippen LogP) is 3.10. The molecule has 148 valence electrons. The van der Waals surface area contributed by atoms with Gasteiger partial charge in [-0.1, -0.05) is 25.5 Å². The minimum Gasteiger partial charge on any atom is -0.332 e. The number of amides is 2. The van der Waals surface area contributed by atoms with Crippen molar-refractivity contribution in [3.63, 3.8) is 0 Å². The first-order valence-corrected chi connectivity index (χ1v) is 11.5. The number of carbonyl (C=O) groups excluding carboxylic acids is 1. The van der Waals surface area contributed by atoms with E-state index in [1.807, 2.05) is 12.1 Å². The first kappa shape index (κ1) is 18.7. The van der Waals surface area contributed by atoms with Crippen LogP contribution in [0, 0.1) is 17.8 Å². The van der Waals surface area contributed by atoms with Crippen molar-refractivity contribution in [3.05, 3.63) is 29.8 Å². The average Bonchev–Trinajstić information content (AvgIpc) is 2.59. The van der Waals surface area contributed by atoms with Crippen LogP contribution >= 0.6 is 0 Å². The largest absolute Gasteiger partial charge is 0.332 e. The maximum absolute atomic E-state index is 12.4. The van der Waals surface area contributed by atoms with Crippen molar-refractivity contribution in [1.82, 2.24) is 15.6 Å². The van der Waals surface area contributed by atoms with Gasteiger partial charge in [0.15, 0.2) is 0 Å². The number of sulfonamides is 1. The molecule has 4 saturated carbocycles. The lowest BCUT2D eigenvalue weighted by atomic mass is 9.53. The number of carbonyl (C=O) groups is 1. The highest BCUT2D eigenvalue weighted by Gasteiger charge is 2.51. The lowest BCUT2D eigenvalue weighted by Gasteiger charge is -2.56. The van der Waals surface area contributed by atoms with Crippen LogP contribution in [0.4, 0.5) is 4.79 Å². The van der Waals surface area contributed by atoms with Crippen LogP contribution in [-0.2, 0) is 16.4 Å². The van der Waals surface area contributed by atoms with Crippen molar-refractivity contribution in [3.8, 4) is 0 Å². The SMILES string of the molecule is CCCc1ccc(S(=O)(=O)NNC(=O)NC23CC4CC(CC(C4)C2)C3)cc1. The minimum absolute atomic E-state index is 0.147. The fourth-order valence-electron chi connectivity index (χ4n) is 5.83. The van der Waals surface area contributed by atoms with E-state index in [9.17, 15) is 13.2 Å². The lowest BCUT2D eigenvalue weighted by molar-refractivity contribution is -0.0136. The number of benzene rings is 1. The summed E-state index contributed by atoms with van der Waals surface area (Å²) in [6.45, 7) is 2.08. The smallest absolute Gasteiger partial charge is 0.330 e. The Labute approximate surface area is 161 Å². The van der Waals surface area contributed by atoms with Gasteiger partial charge in [0.25, 0.3) is 10.0 Å². The number of rotatable bonds is 6. The molecule has 0 aliphatic heterocycles. The van der Waals surface area contributed by atoms with Gasteiger partial charge in [0.1, 0.15) is 0 Å². The molecule has 4 bridgehead atoms. The highest BCUT2D eigenvalue weighted by molar-refractivity contribution is 7.89. The predicted molar refractivity (Wildman–Crippen MR) is 103 cm³/mol. The molecule has 4 aliphatic rings. The zero-order valence-corrected chi connectivity index (χ0v) is 16.6. The van der Waals surface area contributed by atoms with Gasteiger partial charge in [-0.3, -0.25) is 5.43 Å². The maximum atomic E-state index is 12.4. The molecule has 27 heavy (non-hydrogen) atoms. The van der Waals surface area contributed by atoms with E-state index >= 15 is 0 Å². The summed E-state index contributed by atoms with van der Waals surface area (Å²) in [6.07, 6.45) is 8.89. The van der Waals surface area contributed by atoms with E-state index in [1.54, 1.807) is 12.1 Å². The molecule has 0 saturated heterocycles. The Morgan fingerprint density at radius 3 is 2.11 bits per heavy atom. The molecule has 6 nitrogen and oxygen atoms in total. The maximum Gasteiger partial charge on any atom is 0.330 e. The Kier molecular flexibility index (Phi) is 4.93. The molecule has 0 radical (unpaired) electrons. The van der Waals surface area contributed by atoms with Crippen molar-refractivity contribution >= 4 is 16.1 Å². The summed E-state index contributed by atoms with van der Waals surface area (Å²) in [5, 5.41) is 3.10. The minimum atomic E-state index is -3.78. The molecule has 0 aromatic heterocycles. The second kappa shape index (κ2) is 7.09. The van der Waals surface area contributed by atoms with Crippen molar-refractivity contribution in [2.45, 2.75) is 68.7 Å².